The summed E-state index contributed by atoms with van der Waals surface area (Å²) in [5.74, 6) is -1.81. The second-order valence-electron chi connectivity index (χ2n) is 4.07. The van der Waals surface area contributed by atoms with E-state index in [-0.39, 0.29) is 0 Å². The van der Waals surface area contributed by atoms with Gasteiger partial charge in [0.2, 0.25) is 0 Å². The fourth-order valence-electron chi connectivity index (χ4n) is 1.85. The minimum absolute atomic E-state index is 0.352. The minimum Gasteiger partial charge on any atom is -0.375 e. The number of hydrogen-bond donors (Lipinski definition) is 1. The van der Waals surface area contributed by atoms with Gasteiger partial charge < -0.3 is 5.73 Å². The summed E-state index contributed by atoms with van der Waals surface area (Å²) in [5, 5.41) is 0.352. The number of halogens is 2. The summed E-state index contributed by atoms with van der Waals surface area (Å²) in [6.45, 7) is 0. The average Bonchev–Trinajstić information content (AvgIpc) is 2.85. The van der Waals surface area contributed by atoms with Crippen molar-refractivity contribution in [1.82, 2.24) is 9.97 Å². The van der Waals surface area contributed by atoms with Gasteiger partial charge in [0, 0.05) is 11.8 Å². The molecule has 0 saturated heterocycles. The highest BCUT2D eigenvalue weighted by Gasteiger charge is 2.16. The molecule has 0 amide bonds. The molecule has 20 heavy (non-hydrogen) atoms. The van der Waals surface area contributed by atoms with Gasteiger partial charge in [-0.05, 0) is 30.3 Å². The van der Waals surface area contributed by atoms with Crippen LogP contribution in [0.25, 0.3) is 21.8 Å². The van der Waals surface area contributed by atoms with Crippen LogP contribution in [0.2, 0.25) is 0 Å². The molecule has 0 bridgehead atoms. The van der Waals surface area contributed by atoms with E-state index in [1.54, 1.807) is 12.3 Å². The van der Waals surface area contributed by atoms with Crippen molar-refractivity contribution < 1.29 is 8.78 Å². The van der Waals surface area contributed by atoms with Crippen molar-refractivity contribution >= 4 is 16.5 Å². The van der Waals surface area contributed by atoms with Crippen LogP contribution in [0.1, 0.15) is 0 Å². The van der Waals surface area contributed by atoms with Crippen LogP contribution < -0.4 is 5.73 Å². The lowest BCUT2D eigenvalue weighted by molar-refractivity contribution is 0.509. The summed E-state index contributed by atoms with van der Waals surface area (Å²) >= 11 is 1.26. The van der Waals surface area contributed by atoms with Gasteiger partial charge in [0.15, 0.2) is 16.8 Å². The van der Waals surface area contributed by atoms with Gasteiger partial charge in [-0.2, -0.15) is 0 Å². The molecule has 100 valence electrons. The van der Waals surface area contributed by atoms with Crippen LogP contribution in [0.3, 0.4) is 0 Å². The third-order valence-corrected chi connectivity index (χ3v) is 3.64. The van der Waals surface area contributed by atoms with Crippen molar-refractivity contribution in [3.05, 3.63) is 54.2 Å². The van der Waals surface area contributed by atoms with Crippen LogP contribution in [0.4, 0.5) is 13.9 Å². The lowest BCUT2D eigenvalue weighted by Gasteiger charge is -2.02. The van der Waals surface area contributed by atoms with Crippen LogP contribution >= 0.6 is 11.3 Å². The summed E-state index contributed by atoms with van der Waals surface area (Å²) in [4.78, 5) is 9.16. The number of pyridine rings is 1. The number of nitrogens with zero attached hydrogens (tertiary/aromatic N) is 2. The maximum atomic E-state index is 13.4. The maximum Gasteiger partial charge on any atom is 0.181 e. The molecule has 0 aliphatic rings. The highest BCUT2D eigenvalue weighted by molar-refractivity contribution is 7.19. The normalized spacial score (nSPS) is 10.7. The molecule has 0 radical (unpaired) electrons. The first-order chi connectivity index (χ1) is 9.65. The Morgan fingerprint density at radius 2 is 1.90 bits per heavy atom. The minimum atomic E-state index is -0.916. The Morgan fingerprint density at radius 1 is 1.05 bits per heavy atom. The van der Waals surface area contributed by atoms with Crippen LogP contribution in [0.5, 0.6) is 0 Å². The standard InChI is InChI=1S/C14H9F2N3S/c15-9-5-4-8(7-10(9)16)12-13(20-14(17)19-12)11-3-1-2-6-18-11/h1-7H,(H2,17,19). The molecule has 2 N–H and O–H groups in total. The summed E-state index contributed by atoms with van der Waals surface area (Å²) in [6.07, 6.45) is 1.65. The summed E-state index contributed by atoms with van der Waals surface area (Å²) in [6, 6.07) is 9.10. The molecular formula is C14H9F2N3S. The molecule has 0 aliphatic carbocycles. The zero-order valence-corrected chi connectivity index (χ0v) is 11.0. The maximum absolute atomic E-state index is 13.4. The molecule has 2 aromatic heterocycles. The molecular weight excluding hydrogens is 280 g/mol. The highest BCUT2D eigenvalue weighted by Crippen LogP contribution is 2.37. The topological polar surface area (TPSA) is 51.8 Å². The van der Waals surface area contributed by atoms with Crippen LogP contribution in [0.15, 0.2) is 42.6 Å². The highest BCUT2D eigenvalue weighted by atomic mass is 32.1. The molecule has 0 saturated carbocycles. The fraction of sp³-hybridized carbons (Fsp3) is 0. The Bertz CT molecular complexity index is 756. The summed E-state index contributed by atoms with van der Waals surface area (Å²) < 4.78 is 26.4. The number of hydrogen-bond acceptors (Lipinski definition) is 4. The largest absolute Gasteiger partial charge is 0.375 e. The summed E-state index contributed by atoms with van der Waals surface area (Å²) in [5.41, 5.74) is 7.40. The predicted octanol–water partition coefficient (Wildman–Crippen LogP) is 3.73. The molecule has 3 aromatic rings. The zero-order chi connectivity index (χ0) is 14.1. The van der Waals surface area contributed by atoms with E-state index in [1.807, 2.05) is 12.1 Å². The van der Waals surface area contributed by atoms with Gasteiger partial charge in [-0.15, -0.1) is 0 Å². The van der Waals surface area contributed by atoms with E-state index in [4.69, 9.17) is 5.73 Å². The molecule has 1 aromatic carbocycles. The third kappa shape index (κ3) is 2.25. The van der Waals surface area contributed by atoms with E-state index in [9.17, 15) is 8.78 Å². The number of rotatable bonds is 2. The first kappa shape index (κ1) is 12.7. The van der Waals surface area contributed by atoms with E-state index in [0.29, 0.717) is 22.1 Å². The van der Waals surface area contributed by atoms with Crippen LogP contribution in [-0.2, 0) is 0 Å². The van der Waals surface area contributed by atoms with Gasteiger partial charge in [0.05, 0.1) is 16.3 Å². The van der Waals surface area contributed by atoms with E-state index < -0.39 is 11.6 Å². The fourth-order valence-corrected chi connectivity index (χ4v) is 2.68. The van der Waals surface area contributed by atoms with Crippen LogP contribution in [0, 0.1) is 11.6 Å². The smallest absolute Gasteiger partial charge is 0.181 e. The van der Waals surface area contributed by atoms with Crippen molar-refractivity contribution in [1.29, 1.82) is 0 Å². The number of nitrogens with two attached hydrogens (primary N) is 1. The molecule has 0 unspecified atom stereocenters. The first-order valence-corrected chi connectivity index (χ1v) is 6.60. The van der Waals surface area contributed by atoms with Gasteiger partial charge in [-0.1, -0.05) is 17.4 Å². The Hall–Kier alpha value is -2.34. The van der Waals surface area contributed by atoms with Gasteiger partial charge in [-0.25, -0.2) is 13.8 Å². The Morgan fingerprint density at radius 3 is 2.60 bits per heavy atom. The molecule has 0 fully saturated rings. The second kappa shape index (κ2) is 4.97. The molecule has 0 atom stereocenters. The molecule has 6 heteroatoms. The molecule has 0 spiro atoms. The van der Waals surface area contributed by atoms with Crippen LogP contribution in [-0.4, -0.2) is 9.97 Å². The van der Waals surface area contributed by atoms with Crippen molar-refractivity contribution in [3.8, 4) is 21.8 Å². The van der Waals surface area contributed by atoms with Gasteiger partial charge in [0.25, 0.3) is 0 Å². The number of benzene rings is 1. The van der Waals surface area contributed by atoms with Crippen molar-refractivity contribution in [2.24, 2.45) is 0 Å². The number of nitrogen functional groups attached to an aromatic ring is 1. The van der Waals surface area contributed by atoms with E-state index in [0.717, 1.165) is 17.0 Å². The van der Waals surface area contributed by atoms with Crippen molar-refractivity contribution in [3.63, 3.8) is 0 Å². The van der Waals surface area contributed by atoms with Crippen molar-refractivity contribution in [2.75, 3.05) is 5.73 Å². The lowest BCUT2D eigenvalue weighted by atomic mass is 10.1. The quantitative estimate of drug-likeness (QED) is 0.782. The monoisotopic (exact) mass is 289 g/mol. The zero-order valence-electron chi connectivity index (χ0n) is 10.2. The molecule has 3 nitrogen and oxygen atoms in total. The Kier molecular flexibility index (Phi) is 3.15. The predicted molar refractivity (Wildman–Crippen MR) is 75.1 cm³/mol. The number of aromatic nitrogens is 2. The Balaban J connectivity index is 2.17. The van der Waals surface area contributed by atoms with E-state index >= 15 is 0 Å². The first-order valence-electron chi connectivity index (χ1n) is 5.78. The number of anilines is 1. The lowest BCUT2D eigenvalue weighted by Crippen LogP contribution is -1.89. The second-order valence-corrected chi connectivity index (χ2v) is 5.10. The average molecular weight is 289 g/mol. The third-order valence-electron chi connectivity index (χ3n) is 2.73. The van der Waals surface area contributed by atoms with E-state index in [2.05, 4.69) is 9.97 Å². The molecule has 0 aliphatic heterocycles. The van der Waals surface area contributed by atoms with Gasteiger partial charge in [-0.3, -0.25) is 4.98 Å². The van der Waals surface area contributed by atoms with Gasteiger partial charge >= 0.3 is 0 Å². The summed E-state index contributed by atoms with van der Waals surface area (Å²) in [7, 11) is 0. The Labute approximate surface area is 117 Å². The SMILES string of the molecule is Nc1nc(-c2ccc(F)c(F)c2)c(-c2ccccn2)s1. The van der Waals surface area contributed by atoms with E-state index in [1.165, 1.54) is 17.4 Å². The molecule has 3 rings (SSSR count). The van der Waals surface area contributed by atoms with Gasteiger partial charge in [0.1, 0.15) is 0 Å². The molecule has 2 heterocycles. The van der Waals surface area contributed by atoms with Crippen molar-refractivity contribution in [2.45, 2.75) is 0 Å². The number of thiazole rings is 1.